The van der Waals surface area contributed by atoms with Gasteiger partial charge in [0, 0.05) is 42.4 Å². The molecule has 0 aromatic carbocycles. The van der Waals surface area contributed by atoms with Gasteiger partial charge in [0.2, 0.25) is 5.91 Å². The first kappa shape index (κ1) is 18.0. The van der Waals surface area contributed by atoms with Crippen LogP contribution in [0.2, 0.25) is 0 Å². The third-order valence-electron chi connectivity index (χ3n) is 5.53. The average Bonchev–Trinajstić information content (AvgIpc) is 3.30. The van der Waals surface area contributed by atoms with Crippen LogP contribution in [0.15, 0.2) is 22.2 Å². The second-order valence-corrected chi connectivity index (χ2v) is 8.70. The second kappa shape index (κ2) is 6.77. The Bertz CT molecular complexity index is 1230. The Morgan fingerprint density at radius 2 is 2.21 bits per heavy atom. The number of hydrogen-bond acceptors (Lipinski definition) is 7. The zero-order valence-corrected chi connectivity index (χ0v) is 17.0. The van der Waals surface area contributed by atoms with Crippen LogP contribution in [0.4, 0.5) is 11.5 Å². The zero-order valence-electron chi connectivity index (χ0n) is 16.2. The second-order valence-electron chi connectivity index (χ2n) is 7.62. The Labute approximate surface area is 170 Å². The van der Waals surface area contributed by atoms with E-state index >= 15 is 0 Å². The molecule has 5 rings (SSSR count). The first-order chi connectivity index (χ1) is 14.0. The minimum absolute atomic E-state index is 0.00812. The third-order valence-corrected chi connectivity index (χ3v) is 6.69. The van der Waals surface area contributed by atoms with Gasteiger partial charge in [0.25, 0.3) is 5.56 Å². The van der Waals surface area contributed by atoms with Crippen LogP contribution < -0.4 is 10.9 Å². The van der Waals surface area contributed by atoms with Crippen molar-refractivity contribution in [3.8, 4) is 0 Å². The molecule has 3 aromatic rings. The Hall–Kier alpha value is -3.07. The molecule has 1 atom stereocenters. The van der Waals surface area contributed by atoms with Gasteiger partial charge in [0.15, 0.2) is 0 Å². The number of aromatic amines is 1. The normalized spacial score (nSPS) is 17.2. The molecule has 148 valence electrons. The maximum atomic E-state index is 12.5. The highest BCUT2D eigenvalue weighted by Gasteiger charge is 2.30. The molecule has 0 saturated carbocycles. The highest BCUT2D eigenvalue weighted by molar-refractivity contribution is 7.19. The van der Waals surface area contributed by atoms with Crippen molar-refractivity contribution in [1.82, 2.24) is 19.9 Å². The summed E-state index contributed by atoms with van der Waals surface area (Å²) in [4.78, 5) is 44.5. The van der Waals surface area contributed by atoms with Gasteiger partial charge in [-0.2, -0.15) is 0 Å². The number of nitrogens with one attached hydrogen (secondary N) is 2. The molecule has 4 heterocycles. The van der Waals surface area contributed by atoms with Crippen LogP contribution in [0.5, 0.6) is 0 Å². The van der Waals surface area contributed by atoms with Gasteiger partial charge >= 0.3 is 0 Å². The maximum Gasteiger partial charge on any atom is 0.271 e. The summed E-state index contributed by atoms with van der Waals surface area (Å²) >= 11 is 1.61. The maximum absolute atomic E-state index is 12.5. The van der Waals surface area contributed by atoms with Gasteiger partial charge < -0.3 is 15.2 Å². The molecule has 1 amide bonds. The van der Waals surface area contributed by atoms with Crippen LogP contribution >= 0.6 is 11.3 Å². The minimum atomic E-state index is -0.193. The van der Waals surface area contributed by atoms with E-state index in [0.717, 1.165) is 40.7 Å². The van der Waals surface area contributed by atoms with Gasteiger partial charge in [-0.15, -0.1) is 11.3 Å². The lowest BCUT2D eigenvalue weighted by Gasteiger charge is -2.24. The summed E-state index contributed by atoms with van der Waals surface area (Å²) in [6, 6.07) is 1.81. The number of anilines is 2. The molecule has 2 N–H and O–H groups in total. The summed E-state index contributed by atoms with van der Waals surface area (Å²) in [6.07, 6.45) is 5.61. The number of hydrogen-bond donors (Lipinski definition) is 2. The number of H-pyrrole nitrogens is 1. The Kier molecular flexibility index (Phi) is 4.20. The van der Waals surface area contributed by atoms with Crippen LogP contribution in [-0.4, -0.2) is 46.1 Å². The molecular weight excluding hydrogens is 388 g/mol. The summed E-state index contributed by atoms with van der Waals surface area (Å²) < 4.78 is 0. The van der Waals surface area contributed by atoms with Gasteiger partial charge in [-0.25, -0.2) is 9.97 Å². The number of carbonyl (C=O) groups is 1. The van der Waals surface area contributed by atoms with Crippen LogP contribution in [0.25, 0.3) is 10.2 Å². The molecule has 0 unspecified atom stereocenters. The van der Waals surface area contributed by atoms with Crippen molar-refractivity contribution in [2.45, 2.75) is 25.8 Å². The van der Waals surface area contributed by atoms with Gasteiger partial charge in [-0.3, -0.25) is 14.6 Å². The van der Waals surface area contributed by atoms with E-state index < -0.39 is 0 Å². The fourth-order valence-electron chi connectivity index (χ4n) is 4.07. The zero-order chi connectivity index (χ0) is 20.1. The number of nitrogens with zero attached hydrogens (tertiary/aromatic N) is 4. The van der Waals surface area contributed by atoms with Gasteiger partial charge in [0.1, 0.15) is 22.7 Å². The van der Waals surface area contributed by atoms with Crippen LogP contribution in [0.3, 0.4) is 0 Å². The van der Waals surface area contributed by atoms with Crippen LogP contribution in [0, 0.1) is 5.92 Å². The van der Waals surface area contributed by atoms with E-state index in [1.54, 1.807) is 36.5 Å². The SMILES string of the molecule is CN(C)C(=O)[C@H]1CCc2c(sc3ncnc(Nc4cc5c([nH]c4=O)CN=C5)c23)C1. The molecule has 1 aliphatic heterocycles. The van der Waals surface area contributed by atoms with E-state index in [-0.39, 0.29) is 17.4 Å². The van der Waals surface area contributed by atoms with Crippen LogP contribution in [0.1, 0.15) is 28.1 Å². The summed E-state index contributed by atoms with van der Waals surface area (Å²) in [7, 11) is 3.60. The minimum Gasteiger partial charge on any atom is -0.349 e. The summed E-state index contributed by atoms with van der Waals surface area (Å²) in [5.41, 5.74) is 3.18. The van der Waals surface area contributed by atoms with E-state index in [2.05, 4.69) is 25.3 Å². The molecule has 0 radical (unpaired) electrons. The molecule has 0 saturated heterocycles. The number of aromatic nitrogens is 3. The largest absolute Gasteiger partial charge is 0.349 e. The molecule has 3 aromatic heterocycles. The molecule has 29 heavy (non-hydrogen) atoms. The van der Waals surface area contributed by atoms with E-state index in [4.69, 9.17) is 0 Å². The first-order valence-corrected chi connectivity index (χ1v) is 10.3. The number of rotatable bonds is 3. The highest BCUT2D eigenvalue weighted by atomic mass is 32.1. The smallest absolute Gasteiger partial charge is 0.271 e. The first-order valence-electron chi connectivity index (χ1n) is 9.50. The fraction of sp³-hybridized carbons (Fsp3) is 0.350. The highest BCUT2D eigenvalue weighted by Crippen LogP contribution is 2.40. The van der Waals surface area contributed by atoms with Gasteiger partial charge in [0.05, 0.1) is 11.9 Å². The van der Waals surface area contributed by atoms with Crippen molar-refractivity contribution in [1.29, 1.82) is 0 Å². The molecule has 0 fully saturated rings. The van der Waals surface area contributed by atoms with E-state index in [1.807, 2.05) is 6.07 Å². The average molecular weight is 408 g/mol. The van der Waals surface area contributed by atoms with Crippen molar-refractivity contribution in [2.75, 3.05) is 19.4 Å². The standard InChI is InChI=1S/C20H20N6O2S/c1-26(2)20(28)10-3-4-12-15(6-10)29-19-16(12)17(22-9-23-19)24-13-5-11-7-21-8-14(11)25-18(13)27/h5,7,9-10H,3-4,6,8H2,1-2H3,(H,25,27)(H,22,23,24)/t10-/m0/s1. The van der Waals surface area contributed by atoms with E-state index in [9.17, 15) is 9.59 Å². The lowest BCUT2D eigenvalue weighted by molar-refractivity contribution is -0.133. The number of thiophene rings is 1. The predicted molar refractivity (Wildman–Crippen MR) is 113 cm³/mol. The monoisotopic (exact) mass is 408 g/mol. The molecule has 0 bridgehead atoms. The van der Waals surface area contributed by atoms with Crippen molar-refractivity contribution in [3.05, 3.63) is 44.4 Å². The number of amides is 1. The molecular formula is C20H20N6O2S. The summed E-state index contributed by atoms with van der Waals surface area (Å²) in [5, 5.41) is 4.16. The molecule has 0 spiro atoms. The van der Waals surface area contributed by atoms with Gasteiger partial charge in [-0.1, -0.05) is 0 Å². The number of carbonyl (C=O) groups excluding carboxylic acids is 1. The lowest BCUT2D eigenvalue weighted by Crippen LogP contribution is -2.32. The van der Waals surface area contributed by atoms with Crippen LogP contribution in [-0.2, 0) is 24.2 Å². The van der Waals surface area contributed by atoms with Gasteiger partial charge in [-0.05, 0) is 30.9 Å². The lowest BCUT2D eigenvalue weighted by atomic mass is 9.87. The third kappa shape index (κ3) is 3.02. The van der Waals surface area contributed by atoms with Crippen molar-refractivity contribution < 1.29 is 4.79 Å². The summed E-state index contributed by atoms with van der Waals surface area (Å²) in [5.74, 6) is 0.808. The topological polar surface area (TPSA) is 103 Å². The fourth-order valence-corrected chi connectivity index (χ4v) is 5.33. The molecule has 8 nitrogen and oxygen atoms in total. The number of fused-ring (bicyclic) bond motifs is 4. The van der Waals surface area contributed by atoms with E-state index in [0.29, 0.717) is 18.1 Å². The van der Waals surface area contributed by atoms with E-state index in [1.165, 1.54) is 16.8 Å². The number of aliphatic imine (C=N–C) groups is 1. The molecule has 2 aliphatic rings. The van der Waals surface area contributed by atoms with Crippen molar-refractivity contribution >= 4 is 45.2 Å². The Balaban J connectivity index is 1.53. The Morgan fingerprint density at radius 3 is 3.03 bits per heavy atom. The Morgan fingerprint density at radius 1 is 1.34 bits per heavy atom. The van der Waals surface area contributed by atoms with Crippen molar-refractivity contribution in [2.24, 2.45) is 10.9 Å². The predicted octanol–water partition coefficient (Wildman–Crippen LogP) is 2.25. The van der Waals surface area contributed by atoms with Crippen molar-refractivity contribution in [3.63, 3.8) is 0 Å². The quantitative estimate of drug-likeness (QED) is 0.692. The number of aryl methyl sites for hydroxylation is 1. The summed E-state index contributed by atoms with van der Waals surface area (Å²) in [6.45, 7) is 0.507. The molecule has 9 heteroatoms. The molecule has 1 aliphatic carbocycles. The number of pyridine rings is 1.